The van der Waals surface area contributed by atoms with Gasteiger partial charge in [0.1, 0.15) is 12.4 Å². The average molecular weight is 314 g/mol. The van der Waals surface area contributed by atoms with E-state index >= 15 is 0 Å². The first-order valence-corrected chi connectivity index (χ1v) is 7.36. The number of nitrogens with zero attached hydrogens (tertiary/aromatic N) is 1. The molecule has 1 atom stereocenters. The van der Waals surface area contributed by atoms with E-state index in [9.17, 15) is 4.79 Å². The fourth-order valence-electron chi connectivity index (χ4n) is 2.61. The van der Waals surface area contributed by atoms with Crippen molar-refractivity contribution in [2.45, 2.75) is 26.2 Å². The maximum Gasteiger partial charge on any atom is 0.307 e. The average Bonchev–Trinajstić information content (AvgIpc) is 2.48. The smallest absolute Gasteiger partial charge is 0.307 e. The summed E-state index contributed by atoms with van der Waals surface area (Å²) < 4.78 is 5.76. The van der Waals surface area contributed by atoms with Crippen LogP contribution in [0.1, 0.15) is 25.3 Å². The molecule has 0 bridgehead atoms. The zero-order valence-electron chi connectivity index (χ0n) is 12.5. The molecule has 5 heteroatoms. The quantitative estimate of drug-likeness (QED) is 0.877. The Labute approximate surface area is 132 Å². The highest BCUT2D eigenvalue weighted by molar-refractivity contribution is 5.85. The summed E-state index contributed by atoms with van der Waals surface area (Å²) in [6, 6.07) is 8.14. The number of halogens is 1. The number of hydrogen-bond acceptors (Lipinski definition) is 3. The van der Waals surface area contributed by atoms with Gasteiger partial charge >= 0.3 is 5.97 Å². The number of piperidine rings is 1. The molecule has 118 valence electrons. The molecule has 1 unspecified atom stereocenters. The van der Waals surface area contributed by atoms with E-state index in [1.807, 2.05) is 12.1 Å². The maximum atomic E-state index is 11.0. The van der Waals surface area contributed by atoms with Gasteiger partial charge in [-0.3, -0.25) is 9.69 Å². The molecule has 1 saturated heterocycles. The molecule has 0 saturated carbocycles. The molecule has 1 aliphatic rings. The van der Waals surface area contributed by atoms with Crippen LogP contribution in [0.25, 0.3) is 0 Å². The zero-order valence-corrected chi connectivity index (χ0v) is 13.3. The molecule has 1 aromatic rings. The van der Waals surface area contributed by atoms with Crippen molar-refractivity contribution < 1.29 is 14.6 Å². The van der Waals surface area contributed by atoms with Gasteiger partial charge in [0.05, 0.1) is 5.92 Å². The molecule has 1 fully saturated rings. The van der Waals surface area contributed by atoms with Crippen LogP contribution in [0.15, 0.2) is 24.3 Å². The van der Waals surface area contributed by atoms with E-state index in [0.717, 1.165) is 38.1 Å². The number of aryl methyl sites for hydroxylation is 1. The summed E-state index contributed by atoms with van der Waals surface area (Å²) in [6.07, 6.45) is 2.76. The second-order valence-electron chi connectivity index (χ2n) is 5.33. The predicted octanol–water partition coefficient (Wildman–Crippen LogP) is 2.85. The van der Waals surface area contributed by atoms with Gasteiger partial charge in [-0.1, -0.05) is 19.1 Å². The Morgan fingerprint density at radius 3 is 3.00 bits per heavy atom. The van der Waals surface area contributed by atoms with Gasteiger partial charge in [0.15, 0.2) is 0 Å². The van der Waals surface area contributed by atoms with Crippen LogP contribution in [0.3, 0.4) is 0 Å². The molecule has 1 heterocycles. The van der Waals surface area contributed by atoms with E-state index in [1.54, 1.807) is 0 Å². The normalized spacial score (nSPS) is 18.8. The number of aliphatic carboxylic acids is 1. The Morgan fingerprint density at radius 2 is 2.29 bits per heavy atom. The molecule has 1 aliphatic heterocycles. The van der Waals surface area contributed by atoms with E-state index in [0.29, 0.717) is 13.2 Å². The number of benzene rings is 1. The Bertz CT molecular complexity index is 453. The number of ether oxygens (including phenoxy) is 1. The Kier molecular flexibility index (Phi) is 7.54. The van der Waals surface area contributed by atoms with Crippen molar-refractivity contribution in [2.24, 2.45) is 5.92 Å². The Balaban J connectivity index is 0.00000220. The second kappa shape index (κ2) is 8.90. The summed E-state index contributed by atoms with van der Waals surface area (Å²) in [5, 5.41) is 9.06. The number of carboxylic acids is 1. The SMILES string of the molecule is CCc1cccc(OCCN2CCCC(C(=O)O)C2)c1.Cl. The molecule has 2 rings (SSSR count). The standard InChI is InChI=1S/C16H23NO3.ClH/c1-2-13-5-3-7-15(11-13)20-10-9-17-8-4-6-14(12-17)16(18)19;/h3,5,7,11,14H,2,4,6,8-10,12H2,1H3,(H,18,19);1H. The molecular formula is C16H24ClNO3. The molecule has 1 aromatic carbocycles. The monoisotopic (exact) mass is 313 g/mol. The van der Waals surface area contributed by atoms with Crippen molar-refractivity contribution in [3.63, 3.8) is 0 Å². The van der Waals surface area contributed by atoms with Gasteiger partial charge in [0.25, 0.3) is 0 Å². The van der Waals surface area contributed by atoms with Crippen LogP contribution in [-0.2, 0) is 11.2 Å². The van der Waals surface area contributed by atoms with Gasteiger partial charge in [0.2, 0.25) is 0 Å². The van der Waals surface area contributed by atoms with Gasteiger partial charge in [0, 0.05) is 13.1 Å². The summed E-state index contributed by atoms with van der Waals surface area (Å²) in [7, 11) is 0. The van der Waals surface area contributed by atoms with E-state index in [2.05, 4.69) is 24.0 Å². The molecule has 0 spiro atoms. The summed E-state index contributed by atoms with van der Waals surface area (Å²) in [5.74, 6) is 0.00887. The van der Waals surface area contributed by atoms with Crippen molar-refractivity contribution in [1.29, 1.82) is 0 Å². The lowest BCUT2D eigenvalue weighted by molar-refractivity contribution is -0.143. The molecule has 21 heavy (non-hydrogen) atoms. The van der Waals surface area contributed by atoms with Gasteiger partial charge < -0.3 is 9.84 Å². The van der Waals surface area contributed by atoms with Crippen molar-refractivity contribution in [2.75, 3.05) is 26.2 Å². The third kappa shape index (κ3) is 5.56. The predicted molar refractivity (Wildman–Crippen MR) is 85.4 cm³/mol. The highest BCUT2D eigenvalue weighted by atomic mass is 35.5. The number of hydrogen-bond donors (Lipinski definition) is 1. The lowest BCUT2D eigenvalue weighted by Crippen LogP contribution is -2.40. The number of rotatable bonds is 6. The molecule has 0 amide bonds. The highest BCUT2D eigenvalue weighted by Gasteiger charge is 2.24. The lowest BCUT2D eigenvalue weighted by atomic mass is 9.98. The molecule has 0 radical (unpaired) electrons. The minimum atomic E-state index is -0.675. The molecule has 1 N–H and O–H groups in total. The van der Waals surface area contributed by atoms with Crippen LogP contribution in [0.2, 0.25) is 0 Å². The highest BCUT2D eigenvalue weighted by Crippen LogP contribution is 2.17. The largest absolute Gasteiger partial charge is 0.492 e. The van der Waals surface area contributed by atoms with Crippen molar-refractivity contribution in [3.05, 3.63) is 29.8 Å². The minimum absolute atomic E-state index is 0. The minimum Gasteiger partial charge on any atom is -0.492 e. The maximum absolute atomic E-state index is 11.0. The van der Waals surface area contributed by atoms with Crippen LogP contribution in [-0.4, -0.2) is 42.2 Å². The van der Waals surface area contributed by atoms with Crippen molar-refractivity contribution in [1.82, 2.24) is 4.90 Å². The van der Waals surface area contributed by atoms with Gasteiger partial charge in [-0.25, -0.2) is 0 Å². The topological polar surface area (TPSA) is 49.8 Å². The van der Waals surface area contributed by atoms with Gasteiger partial charge in [-0.05, 0) is 43.5 Å². The molecule has 0 aromatic heterocycles. The summed E-state index contributed by atoms with van der Waals surface area (Å²) in [6.45, 7) is 5.15. The van der Waals surface area contributed by atoms with E-state index < -0.39 is 5.97 Å². The van der Waals surface area contributed by atoms with Crippen LogP contribution in [0.4, 0.5) is 0 Å². The number of carboxylic acid groups (broad SMARTS) is 1. The molecule has 0 aliphatic carbocycles. The second-order valence-corrected chi connectivity index (χ2v) is 5.33. The Hall–Kier alpha value is -1.26. The number of likely N-dealkylation sites (tertiary alicyclic amines) is 1. The molecule has 4 nitrogen and oxygen atoms in total. The number of carbonyl (C=O) groups is 1. The van der Waals surface area contributed by atoms with Crippen LogP contribution in [0.5, 0.6) is 5.75 Å². The zero-order chi connectivity index (χ0) is 14.4. The first kappa shape index (κ1) is 17.8. The van der Waals surface area contributed by atoms with E-state index in [1.165, 1.54) is 5.56 Å². The summed E-state index contributed by atoms with van der Waals surface area (Å²) in [4.78, 5) is 13.2. The summed E-state index contributed by atoms with van der Waals surface area (Å²) >= 11 is 0. The fourth-order valence-corrected chi connectivity index (χ4v) is 2.61. The third-order valence-electron chi connectivity index (χ3n) is 3.84. The van der Waals surface area contributed by atoms with Gasteiger partial charge in [-0.15, -0.1) is 12.4 Å². The van der Waals surface area contributed by atoms with Crippen LogP contribution >= 0.6 is 12.4 Å². The van der Waals surface area contributed by atoms with Gasteiger partial charge in [-0.2, -0.15) is 0 Å². The first-order valence-electron chi connectivity index (χ1n) is 7.36. The summed E-state index contributed by atoms with van der Waals surface area (Å²) in [5.41, 5.74) is 1.27. The van der Waals surface area contributed by atoms with Crippen molar-refractivity contribution >= 4 is 18.4 Å². The fraction of sp³-hybridized carbons (Fsp3) is 0.562. The van der Waals surface area contributed by atoms with Crippen LogP contribution in [0, 0.1) is 5.92 Å². The first-order chi connectivity index (χ1) is 9.69. The Morgan fingerprint density at radius 1 is 1.48 bits per heavy atom. The van der Waals surface area contributed by atoms with Crippen molar-refractivity contribution in [3.8, 4) is 5.75 Å². The lowest BCUT2D eigenvalue weighted by Gasteiger charge is -2.30. The molecular weight excluding hydrogens is 290 g/mol. The van der Waals surface area contributed by atoms with E-state index in [-0.39, 0.29) is 18.3 Å². The third-order valence-corrected chi connectivity index (χ3v) is 3.84. The van der Waals surface area contributed by atoms with E-state index in [4.69, 9.17) is 9.84 Å². The van der Waals surface area contributed by atoms with Crippen LogP contribution < -0.4 is 4.74 Å².